The van der Waals surface area contributed by atoms with E-state index < -0.39 is 12.0 Å². The highest BCUT2D eigenvalue weighted by molar-refractivity contribution is 6.30. The Morgan fingerprint density at radius 1 is 1.23 bits per heavy atom. The van der Waals surface area contributed by atoms with Crippen molar-refractivity contribution in [1.82, 2.24) is 20.0 Å². The Morgan fingerprint density at radius 2 is 2.03 bits per heavy atom. The number of ether oxygens (including phenoxy) is 1. The fourth-order valence-corrected chi connectivity index (χ4v) is 4.76. The molecule has 2 aliphatic rings. The van der Waals surface area contributed by atoms with Crippen molar-refractivity contribution in [3.63, 3.8) is 0 Å². The molecule has 0 saturated carbocycles. The Kier molecular flexibility index (Phi) is 7.47. The zero-order chi connectivity index (χ0) is 25.1. The Balaban J connectivity index is 1.62. The summed E-state index contributed by atoms with van der Waals surface area (Å²) in [7, 11) is 1.64. The van der Waals surface area contributed by atoms with Gasteiger partial charge in [-0.1, -0.05) is 23.7 Å². The monoisotopic (exact) mass is 500 g/mol. The minimum Gasteiger partial charge on any atom is -0.463 e. The number of benzene rings is 1. The average molecular weight is 501 g/mol. The van der Waals surface area contributed by atoms with Crippen molar-refractivity contribution in [2.75, 3.05) is 39.8 Å². The topological polar surface area (TPSA) is 95.3 Å². The van der Waals surface area contributed by atoms with Gasteiger partial charge in [0, 0.05) is 50.0 Å². The second-order valence-corrected chi connectivity index (χ2v) is 9.07. The maximum atomic E-state index is 13.1. The number of nitrogens with zero attached hydrogens (tertiary/aromatic N) is 3. The minimum atomic E-state index is -0.689. The molecule has 0 bridgehead atoms. The lowest BCUT2D eigenvalue weighted by Gasteiger charge is -2.42. The third kappa shape index (κ3) is 5.21. The zero-order valence-electron chi connectivity index (χ0n) is 20.0. The number of nitrogens with one attached hydrogen (secondary N) is 1. The van der Waals surface area contributed by atoms with Gasteiger partial charge in [-0.05, 0) is 43.7 Å². The van der Waals surface area contributed by atoms with E-state index in [-0.39, 0.29) is 24.6 Å². The normalized spacial score (nSPS) is 21.2. The predicted molar refractivity (Wildman–Crippen MR) is 130 cm³/mol. The summed E-state index contributed by atoms with van der Waals surface area (Å²) >= 11 is 6.20. The lowest BCUT2D eigenvalue weighted by molar-refractivity contribution is -0.139. The summed E-state index contributed by atoms with van der Waals surface area (Å²) in [6.07, 6.45) is 1.48. The highest BCUT2D eigenvalue weighted by atomic mass is 35.5. The molecule has 1 aromatic carbocycles. The minimum absolute atomic E-state index is 0.0838. The van der Waals surface area contributed by atoms with Crippen LogP contribution >= 0.6 is 11.6 Å². The van der Waals surface area contributed by atoms with E-state index in [9.17, 15) is 14.4 Å². The molecule has 1 saturated heterocycles. The molecule has 35 heavy (non-hydrogen) atoms. The molecule has 2 atom stereocenters. The summed E-state index contributed by atoms with van der Waals surface area (Å²) in [6, 6.07) is 9.32. The number of halogens is 1. The number of carbonyl (C=O) groups is 3. The summed E-state index contributed by atoms with van der Waals surface area (Å²) in [5.41, 5.74) is 1.63. The van der Waals surface area contributed by atoms with Gasteiger partial charge < -0.3 is 19.4 Å². The van der Waals surface area contributed by atoms with E-state index in [1.165, 1.54) is 11.2 Å². The van der Waals surface area contributed by atoms with Crippen LogP contribution in [0.15, 0.2) is 58.3 Å². The van der Waals surface area contributed by atoms with Gasteiger partial charge in [0.2, 0.25) is 0 Å². The number of hydrogen-bond donors (Lipinski definition) is 1. The Hall–Kier alpha value is -3.30. The summed E-state index contributed by atoms with van der Waals surface area (Å²) < 4.78 is 10.7. The summed E-state index contributed by atoms with van der Waals surface area (Å²) in [4.78, 5) is 44.2. The Bertz CT molecular complexity index is 1130. The number of furan rings is 1. The molecular weight excluding hydrogens is 472 g/mol. The van der Waals surface area contributed by atoms with E-state index in [0.29, 0.717) is 53.8 Å². The number of rotatable bonds is 6. The number of carbonyl (C=O) groups excluding carboxylic acids is 3. The van der Waals surface area contributed by atoms with Crippen molar-refractivity contribution in [3.8, 4) is 0 Å². The first-order chi connectivity index (χ1) is 16.8. The predicted octanol–water partition coefficient (Wildman–Crippen LogP) is 3.29. The van der Waals surface area contributed by atoms with Gasteiger partial charge >= 0.3 is 12.0 Å². The van der Waals surface area contributed by atoms with E-state index in [0.717, 1.165) is 0 Å². The Labute approximate surface area is 209 Å². The van der Waals surface area contributed by atoms with E-state index in [1.54, 1.807) is 49.2 Å². The SMILES string of the molecule is CCOC(=O)C1=C(CN2CCN(C(=O)c3ccco3)C(C)C2)N(C)C(=O)NC1c1cccc(Cl)c1. The summed E-state index contributed by atoms with van der Waals surface area (Å²) in [6.45, 7) is 5.92. The first kappa shape index (κ1) is 24.8. The molecule has 10 heteroatoms. The van der Waals surface area contributed by atoms with Gasteiger partial charge in [-0.2, -0.15) is 0 Å². The molecule has 2 aliphatic heterocycles. The van der Waals surface area contributed by atoms with E-state index in [4.69, 9.17) is 20.8 Å². The number of esters is 1. The van der Waals surface area contributed by atoms with Crippen molar-refractivity contribution >= 4 is 29.5 Å². The maximum Gasteiger partial charge on any atom is 0.338 e. The van der Waals surface area contributed by atoms with E-state index in [2.05, 4.69) is 10.2 Å². The quantitative estimate of drug-likeness (QED) is 0.611. The molecular formula is C25H29ClN4O5. The van der Waals surface area contributed by atoms with Gasteiger partial charge in [-0.3, -0.25) is 14.6 Å². The van der Waals surface area contributed by atoms with Crippen LogP contribution < -0.4 is 5.32 Å². The fraction of sp³-hybridized carbons (Fsp3) is 0.400. The average Bonchev–Trinajstić information content (AvgIpc) is 3.37. The number of amides is 3. The van der Waals surface area contributed by atoms with E-state index in [1.807, 2.05) is 13.0 Å². The second-order valence-electron chi connectivity index (χ2n) is 8.64. The molecule has 4 rings (SSSR count). The van der Waals surface area contributed by atoms with Crippen molar-refractivity contribution in [2.45, 2.75) is 25.9 Å². The molecule has 3 heterocycles. The molecule has 1 fully saturated rings. The molecule has 2 unspecified atom stereocenters. The maximum absolute atomic E-state index is 13.1. The van der Waals surface area contributed by atoms with Crippen LogP contribution in [-0.2, 0) is 9.53 Å². The molecule has 186 valence electrons. The Morgan fingerprint density at radius 3 is 2.69 bits per heavy atom. The third-order valence-electron chi connectivity index (χ3n) is 6.33. The van der Waals surface area contributed by atoms with Gasteiger partial charge in [0.25, 0.3) is 5.91 Å². The zero-order valence-corrected chi connectivity index (χ0v) is 20.7. The van der Waals surface area contributed by atoms with Crippen LogP contribution in [0.3, 0.4) is 0 Å². The molecule has 1 aromatic heterocycles. The van der Waals surface area contributed by atoms with Crippen molar-refractivity contribution in [3.05, 3.63) is 70.3 Å². The number of hydrogen-bond acceptors (Lipinski definition) is 6. The highest BCUT2D eigenvalue weighted by Crippen LogP contribution is 2.32. The second kappa shape index (κ2) is 10.5. The number of urea groups is 1. The smallest absolute Gasteiger partial charge is 0.338 e. The third-order valence-corrected chi connectivity index (χ3v) is 6.57. The molecule has 0 spiro atoms. The van der Waals surface area contributed by atoms with Crippen molar-refractivity contribution in [1.29, 1.82) is 0 Å². The van der Waals surface area contributed by atoms with Crippen molar-refractivity contribution in [2.24, 2.45) is 0 Å². The van der Waals surface area contributed by atoms with Crippen LogP contribution in [0.4, 0.5) is 4.79 Å². The molecule has 9 nitrogen and oxygen atoms in total. The van der Waals surface area contributed by atoms with Crippen LogP contribution in [0.5, 0.6) is 0 Å². The van der Waals surface area contributed by atoms with Gasteiger partial charge in [-0.25, -0.2) is 9.59 Å². The molecule has 0 aliphatic carbocycles. The van der Waals surface area contributed by atoms with Gasteiger partial charge in [0.05, 0.1) is 24.5 Å². The van der Waals surface area contributed by atoms with E-state index >= 15 is 0 Å². The lowest BCUT2D eigenvalue weighted by Crippen LogP contribution is -2.56. The van der Waals surface area contributed by atoms with Crippen LogP contribution in [0.1, 0.15) is 36.0 Å². The van der Waals surface area contributed by atoms with Crippen molar-refractivity contribution < 1.29 is 23.5 Å². The van der Waals surface area contributed by atoms with Crippen LogP contribution in [0.25, 0.3) is 0 Å². The van der Waals surface area contributed by atoms with Crippen LogP contribution in [-0.4, -0.2) is 78.5 Å². The van der Waals surface area contributed by atoms with Gasteiger partial charge in [0.15, 0.2) is 5.76 Å². The number of likely N-dealkylation sites (N-methyl/N-ethyl adjacent to an activating group) is 1. The molecule has 0 radical (unpaired) electrons. The first-order valence-electron chi connectivity index (χ1n) is 11.6. The molecule has 3 amide bonds. The van der Waals surface area contributed by atoms with Crippen LogP contribution in [0, 0.1) is 0 Å². The van der Waals surface area contributed by atoms with Gasteiger partial charge in [0.1, 0.15) is 0 Å². The lowest BCUT2D eigenvalue weighted by atomic mass is 9.94. The van der Waals surface area contributed by atoms with Crippen LogP contribution in [0.2, 0.25) is 5.02 Å². The standard InChI is InChI=1S/C25H29ClN4O5/c1-4-34-24(32)21-19(28(3)25(33)27-22(21)17-7-5-8-18(26)13-17)15-29-10-11-30(16(2)14-29)23(31)20-9-6-12-35-20/h5-9,12-13,16,22H,4,10-11,14-15H2,1-3H3,(H,27,33). The highest BCUT2D eigenvalue weighted by Gasteiger charge is 2.38. The van der Waals surface area contributed by atoms with Gasteiger partial charge in [-0.15, -0.1) is 0 Å². The largest absolute Gasteiger partial charge is 0.463 e. The molecule has 1 N–H and O–H groups in total. The fourth-order valence-electron chi connectivity index (χ4n) is 4.57. The molecule has 2 aromatic rings. The summed E-state index contributed by atoms with van der Waals surface area (Å²) in [5, 5.41) is 3.41. The number of piperazine rings is 1. The first-order valence-corrected chi connectivity index (χ1v) is 11.9. The summed E-state index contributed by atoms with van der Waals surface area (Å²) in [5.74, 6) is -0.326.